The van der Waals surface area contributed by atoms with Gasteiger partial charge in [0.25, 0.3) is 5.91 Å². The van der Waals surface area contributed by atoms with E-state index in [-0.39, 0.29) is 12.0 Å². The summed E-state index contributed by atoms with van der Waals surface area (Å²) in [6.45, 7) is 9.00. The average Bonchev–Trinajstić information content (AvgIpc) is 2.70. The van der Waals surface area contributed by atoms with Crippen molar-refractivity contribution in [3.8, 4) is 5.75 Å². The molecule has 2 fully saturated rings. The second-order valence-electron chi connectivity index (χ2n) is 7.72. The number of carbonyl (C=O) groups is 1. The van der Waals surface area contributed by atoms with Gasteiger partial charge >= 0.3 is 0 Å². The van der Waals surface area contributed by atoms with Gasteiger partial charge in [0, 0.05) is 37.7 Å². The number of carbonyl (C=O) groups excluding carboxylic acids is 1. The number of allylic oxidation sites excluding steroid dienone is 1. The minimum absolute atomic E-state index is 0.0718. The fraction of sp³-hybridized carbons (Fsp3) is 0.591. The van der Waals surface area contributed by atoms with Gasteiger partial charge in [0.15, 0.2) is 0 Å². The van der Waals surface area contributed by atoms with Crippen LogP contribution in [-0.4, -0.2) is 54.5 Å². The van der Waals surface area contributed by atoms with Gasteiger partial charge in [-0.05, 0) is 64.2 Å². The molecule has 5 heteroatoms. The van der Waals surface area contributed by atoms with Gasteiger partial charge in [-0.1, -0.05) is 23.3 Å². The van der Waals surface area contributed by atoms with Crippen molar-refractivity contribution in [2.24, 2.45) is 0 Å². The molecule has 2 saturated heterocycles. The van der Waals surface area contributed by atoms with Crippen molar-refractivity contribution in [1.29, 1.82) is 0 Å². The summed E-state index contributed by atoms with van der Waals surface area (Å²) in [5.74, 6) is 0.712. The lowest BCUT2D eigenvalue weighted by molar-refractivity contribution is 0.0706. The van der Waals surface area contributed by atoms with Crippen molar-refractivity contribution < 1.29 is 9.53 Å². The highest BCUT2D eigenvalue weighted by Gasteiger charge is 2.25. The Hall–Kier alpha value is -1.52. The maximum absolute atomic E-state index is 13.0. The monoisotopic (exact) mass is 390 g/mol. The maximum atomic E-state index is 13.0. The van der Waals surface area contributed by atoms with E-state index in [1.807, 2.05) is 11.0 Å². The molecule has 1 amide bonds. The first-order valence-electron chi connectivity index (χ1n) is 10.2. The highest BCUT2D eigenvalue weighted by Crippen LogP contribution is 2.29. The van der Waals surface area contributed by atoms with Crippen LogP contribution < -0.4 is 4.74 Å². The van der Waals surface area contributed by atoms with E-state index < -0.39 is 0 Å². The second-order valence-corrected chi connectivity index (χ2v) is 8.16. The molecular weight excluding hydrogens is 360 g/mol. The Morgan fingerprint density at radius 2 is 1.89 bits per heavy atom. The Morgan fingerprint density at radius 1 is 1.19 bits per heavy atom. The third kappa shape index (κ3) is 5.49. The molecule has 0 spiro atoms. The molecule has 0 N–H and O–H groups in total. The van der Waals surface area contributed by atoms with E-state index in [4.69, 9.17) is 16.3 Å². The summed E-state index contributed by atoms with van der Waals surface area (Å²) >= 11 is 6.20. The largest absolute Gasteiger partial charge is 0.489 e. The normalized spacial score (nSPS) is 20.0. The first-order valence-corrected chi connectivity index (χ1v) is 10.5. The molecule has 2 aliphatic rings. The summed E-state index contributed by atoms with van der Waals surface area (Å²) in [4.78, 5) is 17.4. The predicted molar refractivity (Wildman–Crippen MR) is 111 cm³/mol. The zero-order valence-electron chi connectivity index (χ0n) is 16.5. The van der Waals surface area contributed by atoms with E-state index in [1.54, 1.807) is 12.1 Å². The number of hydrogen-bond donors (Lipinski definition) is 0. The molecule has 0 aromatic heterocycles. The Balaban J connectivity index is 1.64. The van der Waals surface area contributed by atoms with Gasteiger partial charge in [0.05, 0.1) is 5.56 Å². The van der Waals surface area contributed by atoms with Crippen LogP contribution in [0.25, 0.3) is 0 Å². The van der Waals surface area contributed by atoms with E-state index in [2.05, 4.69) is 24.8 Å². The molecule has 0 unspecified atom stereocenters. The number of piperidine rings is 2. The molecule has 0 radical (unpaired) electrons. The van der Waals surface area contributed by atoms with Crippen molar-refractivity contribution in [2.45, 2.75) is 52.1 Å². The highest BCUT2D eigenvalue weighted by atomic mass is 35.5. The van der Waals surface area contributed by atoms with Crippen molar-refractivity contribution in [3.63, 3.8) is 0 Å². The van der Waals surface area contributed by atoms with Gasteiger partial charge in [0.1, 0.15) is 11.9 Å². The molecule has 0 atom stereocenters. The standard InChI is InChI=1S/C22H31ClN2O2/c1-3-17(2)16-24-13-9-19(10-14-24)27-21-15-18(23)7-8-20(21)22(26)25-11-5-4-6-12-25/h3,7-8,15,19H,4-6,9-14,16H2,1-2H3/b17-3+. The quantitative estimate of drug-likeness (QED) is 0.678. The number of likely N-dealkylation sites (tertiary alicyclic amines) is 2. The number of hydrogen-bond acceptors (Lipinski definition) is 3. The van der Waals surface area contributed by atoms with Crippen molar-refractivity contribution in [2.75, 3.05) is 32.7 Å². The van der Waals surface area contributed by atoms with Crippen LogP contribution in [-0.2, 0) is 0 Å². The van der Waals surface area contributed by atoms with Crippen LogP contribution in [0.1, 0.15) is 56.3 Å². The maximum Gasteiger partial charge on any atom is 0.257 e. The first-order chi connectivity index (χ1) is 13.1. The van der Waals surface area contributed by atoms with E-state index >= 15 is 0 Å². The summed E-state index contributed by atoms with van der Waals surface area (Å²) in [5.41, 5.74) is 2.05. The Kier molecular flexibility index (Phi) is 7.20. The molecule has 0 bridgehead atoms. The number of benzene rings is 1. The first kappa shape index (κ1) is 20.2. The van der Waals surface area contributed by atoms with Crippen molar-refractivity contribution in [3.05, 3.63) is 40.4 Å². The van der Waals surface area contributed by atoms with Crippen LogP contribution in [0, 0.1) is 0 Å². The van der Waals surface area contributed by atoms with Crippen LogP contribution in [0.2, 0.25) is 5.02 Å². The lowest BCUT2D eigenvalue weighted by Gasteiger charge is -2.33. The highest BCUT2D eigenvalue weighted by molar-refractivity contribution is 6.30. The van der Waals surface area contributed by atoms with Crippen molar-refractivity contribution >= 4 is 17.5 Å². The van der Waals surface area contributed by atoms with Crippen LogP contribution >= 0.6 is 11.6 Å². The fourth-order valence-electron chi connectivity index (χ4n) is 3.85. The van der Waals surface area contributed by atoms with Crippen LogP contribution in [0.4, 0.5) is 0 Å². The SMILES string of the molecule is C/C=C(\C)CN1CCC(Oc2cc(Cl)ccc2C(=O)N2CCCCC2)CC1. The summed E-state index contributed by atoms with van der Waals surface area (Å²) in [6.07, 6.45) is 7.63. The van der Waals surface area contributed by atoms with Crippen molar-refractivity contribution in [1.82, 2.24) is 9.80 Å². The zero-order chi connectivity index (χ0) is 19.2. The smallest absolute Gasteiger partial charge is 0.257 e. The van der Waals surface area contributed by atoms with Gasteiger partial charge in [-0.2, -0.15) is 0 Å². The Bertz CT molecular complexity index is 675. The molecule has 0 saturated carbocycles. The van der Waals surface area contributed by atoms with Gasteiger partial charge < -0.3 is 9.64 Å². The molecular formula is C22H31ClN2O2. The molecule has 3 rings (SSSR count). The molecule has 1 aromatic carbocycles. The van der Waals surface area contributed by atoms with Crippen LogP contribution in [0.3, 0.4) is 0 Å². The lowest BCUT2D eigenvalue weighted by Crippen LogP contribution is -2.39. The van der Waals surface area contributed by atoms with Gasteiger partial charge in [0.2, 0.25) is 0 Å². The molecule has 27 heavy (non-hydrogen) atoms. The topological polar surface area (TPSA) is 32.8 Å². The summed E-state index contributed by atoms with van der Waals surface area (Å²) in [5, 5.41) is 0.612. The Morgan fingerprint density at radius 3 is 2.56 bits per heavy atom. The number of ether oxygens (including phenoxy) is 1. The molecule has 4 nitrogen and oxygen atoms in total. The van der Waals surface area contributed by atoms with Gasteiger partial charge in [-0.3, -0.25) is 9.69 Å². The fourth-order valence-corrected chi connectivity index (χ4v) is 4.01. The zero-order valence-corrected chi connectivity index (χ0v) is 17.3. The number of nitrogens with zero attached hydrogens (tertiary/aromatic N) is 2. The van der Waals surface area contributed by atoms with Gasteiger partial charge in [-0.25, -0.2) is 0 Å². The van der Waals surface area contributed by atoms with E-state index in [0.717, 1.165) is 58.4 Å². The van der Waals surface area contributed by atoms with E-state index in [0.29, 0.717) is 16.3 Å². The van der Waals surface area contributed by atoms with E-state index in [1.165, 1.54) is 12.0 Å². The molecule has 148 valence electrons. The minimum Gasteiger partial charge on any atom is -0.489 e. The van der Waals surface area contributed by atoms with Crippen LogP contribution in [0.15, 0.2) is 29.8 Å². The third-order valence-corrected chi connectivity index (χ3v) is 5.85. The predicted octanol–water partition coefficient (Wildman–Crippen LogP) is 4.78. The average molecular weight is 391 g/mol. The Labute approximate surface area is 168 Å². The molecule has 0 aliphatic carbocycles. The number of halogens is 1. The van der Waals surface area contributed by atoms with E-state index in [9.17, 15) is 4.79 Å². The molecule has 2 heterocycles. The lowest BCUT2D eigenvalue weighted by atomic mass is 10.1. The number of amides is 1. The van der Waals surface area contributed by atoms with Crippen LogP contribution in [0.5, 0.6) is 5.75 Å². The summed E-state index contributed by atoms with van der Waals surface area (Å²) in [7, 11) is 0. The van der Waals surface area contributed by atoms with Gasteiger partial charge in [-0.15, -0.1) is 0 Å². The summed E-state index contributed by atoms with van der Waals surface area (Å²) < 4.78 is 6.29. The second kappa shape index (κ2) is 9.61. The summed E-state index contributed by atoms with van der Waals surface area (Å²) in [6, 6.07) is 5.41. The third-order valence-electron chi connectivity index (χ3n) is 5.61. The number of rotatable bonds is 5. The minimum atomic E-state index is 0.0718. The molecule has 2 aliphatic heterocycles. The molecule has 1 aromatic rings.